The number of fused-ring (bicyclic) bond motifs is 1. The molecule has 0 unspecified atom stereocenters. The first kappa shape index (κ1) is 10.9. The van der Waals surface area contributed by atoms with Crippen molar-refractivity contribution in [3.8, 4) is 0 Å². The summed E-state index contributed by atoms with van der Waals surface area (Å²) >= 11 is 0. The summed E-state index contributed by atoms with van der Waals surface area (Å²) in [6.45, 7) is 4.75. The number of nitrogens with two attached hydrogens (primary N) is 1. The number of nitrogens with one attached hydrogen (secondary N) is 1. The minimum atomic E-state index is 0.385. The Hall–Kier alpha value is -1.61. The van der Waals surface area contributed by atoms with Crippen LogP contribution in [0.25, 0.3) is 10.9 Å². The Kier molecular flexibility index (Phi) is 3.06. The number of pyridine rings is 1. The monoisotopic (exact) mass is 215 g/mol. The Bertz CT molecular complexity index is 492. The van der Waals surface area contributed by atoms with Crippen LogP contribution in [-0.2, 0) is 6.54 Å². The molecule has 0 fully saturated rings. The summed E-state index contributed by atoms with van der Waals surface area (Å²) < 4.78 is 0. The van der Waals surface area contributed by atoms with Gasteiger partial charge in [0.15, 0.2) is 0 Å². The van der Waals surface area contributed by atoms with Gasteiger partial charge in [0.25, 0.3) is 0 Å². The summed E-state index contributed by atoms with van der Waals surface area (Å²) in [6, 6.07) is 8.50. The maximum atomic E-state index is 5.74. The summed E-state index contributed by atoms with van der Waals surface area (Å²) in [5.41, 5.74) is 8.92. The number of rotatable bonds is 3. The van der Waals surface area contributed by atoms with Crippen molar-refractivity contribution >= 4 is 16.6 Å². The van der Waals surface area contributed by atoms with Crippen LogP contribution in [0, 0.1) is 0 Å². The van der Waals surface area contributed by atoms with Crippen molar-refractivity contribution in [3.05, 3.63) is 36.0 Å². The number of hydrogen-bond acceptors (Lipinski definition) is 3. The summed E-state index contributed by atoms with van der Waals surface area (Å²) in [5.74, 6) is 0. The summed E-state index contributed by atoms with van der Waals surface area (Å²) in [4.78, 5) is 4.40. The number of anilines is 1. The molecule has 1 aromatic heterocycles. The van der Waals surface area contributed by atoms with Gasteiger partial charge in [-0.05, 0) is 19.9 Å². The molecule has 84 valence electrons. The van der Waals surface area contributed by atoms with E-state index in [1.165, 1.54) is 0 Å². The maximum absolute atomic E-state index is 5.74. The van der Waals surface area contributed by atoms with Crippen molar-refractivity contribution in [2.45, 2.75) is 26.4 Å². The molecule has 0 saturated carbocycles. The van der Waals surface area contributed by atoms with E-state index >= 15 is 0 Å². The fourth-order valence-electron chi connectivity index (χ4n) is 1.80. The lowest BCUT2D eigenvalue weighted by atomic mass is 10.1. The number of benzene rings is 1. The third-order valence-electron chi connectivity index (χ3n) is 2.51. The van der Waals surface area contributed by atoms with Crippen LogP contribution < -0.4 is 11.1 Å². The zero-order chi connectivity index (χ0) is 11.5. The van der Waals surface area contributed by atoms with E-state index in [-0.39, 0.29) is 0 Å². The van der Waals surface area contributed by atoms with Gasteiger partial charge in [0.1, 0.15) is 0 Å². The molecular formula is C13H17N3. The van der Waals surface area contributed by atoms with Crippen LogP contribution in [0.1, 0.15) is 19.4 Å². The van der Waals surface area contributed by atoms with E-state index in [0.717, 1.165) is 22.2 Å². The normalized spacial score (nSPS) is 11.0. The first-order valence-electron chi connectivity index (χ1n) is 5.55. The fourth-order valence-corrected chi connectivity index (χ4v) is 1.80. The molecule has 0 aliphatic carbocycles. The predicted octanol–water partition coefficient (Wildman–Crippen LogP) is 2.51. The lowest BCUT2D eigenvalue weighted by molar-refractivity contribution is 0.893. The quantitative estimate of drug-likeness (QED) is 0.827. The Balaban J connectivity index is 2.63. The zero-order valence-corrected chi connectivity index (χ0v) is 9.70. The highest BCUT2D eigenvalue weighted by Crippen LogP contribution is 2.26. The second-order valence-electron chi connectivity index (χ2n) is 4.18. The average molecular weight is 215 g/mol. The molecule has 0 radical (unpaired) electrons. The number of nitrogens with zero attached hydrogens (tertiary/aromatic N) is 1. The molecule has 0 atom stereocenters. The second-order valence-corrected chi connectivity index (χ2v) is 4.18. The van der Waals surface area contributed by atoms with Crippen LogP contribution in [0.15, 0.2) is 30.5 Å². The van der Waals surface area contributed by atoms with Gasteiger partial charge in [-0.2, -0.15) is 0 Å². The van der Waals surface area contributed by atoms with Crippen LogP contribution in [0.4, 0.5) is 5.69 Å². The van der Waals surface area contributed by atoms with Crippen LogP contribution in [0.2, 0.25) is 0 Å². The van der Waals surface area contributed by atoms with Gasteiger partial charge in [-0.1, -0.05) is 18.2 Å². The van der Waals surface area contributed by atoms with Gasteiger partial charge in [-0.3, -0.25) is 4.98 Å². The van der Waals surface area contributed by atoms with Gasteiger partial charge < -0.3 is 11.1 Å². The van der Waals surface area contributed by atoms with E-state index in [0.29, 0.717) is 12.6 Å². The molecule has 0 bridgehead atoms. The van der Waals surface area contributed by atoms with Gasteiger partial charge in [-0.25, -0.2) is 0 Å². The van der Waals surface area contributed by atoms with Crippen molar-refractivity contribution in [3.63, 3.8) is 0 Å². The van der Waals surface area contributed by atoms with E-state index < -0.39 is 0 Å². The van der Waals surface area contributed by atoms with Crippen molar-refractivity contribution in [1.29, 1.82) is 0 Å². The molecule has 0 spiro atoms. The van der Waals surface area contributed by atoms with Crippen LogP contribution >= 0.6 is 0 Å². The lowest BCUT2D eigenvalue weighted by Crippen LogP contribution is -2.13. The van der Waals surface area contributed by atoms with E-state index in [2.05, 4.69) is 30.2 Å². The Labute approximate surface area is 95.7 Å². The highest BCUT2D eigenvalue weighted by Gasteiger charge is 2.07. The highest BCUT2D eigenvalue weighted by molar-refractivity contribution is 5.92. The number of hydrogen-bond donors (Lipinski definition) is 2. The van der Waals surface area contributed by atoms with Gasteiger partial charge >= 0.3 is 0 Å². The van der Waals surface area contributed by atoms with Gasteiger partial charge in [0.05, 0.1) is 5.52 Å². The average Bonchev–Trinajstić information content (AvgIpc) is 2.29. The molecule has 1 aromatic carbocycles. The van der Waals surface area contributed by atoms with Crippen molar-refractivity contribution in [2.75, 3.05) is 5.32 Å². The van der Waals surface area contributed by atoms with Gasteiger partial charge in [0.2, 0.25) is 0 Å². The molecule has 3 N–H and O–H groups in total. The van der Waals surface area contributed by atoms with Crippen LogP contribution in [0.5, 0.6) is 0 Å². The number of para-hydroxylation sites is 1. The molecule has 0 aliphatic rings. The molecule has 0 aliphatic heterocycles. The topological polar surface area (TPSA) is 50.9 Å². The van der Waals surface area contributed by atoms with E-state index in [1.54, 1.807) is 0 Å². The summed E-state index contributed by atoms with van der Waals surface area (Å²) in [6.07, 6.45) is 1.85. The smallest absolute Gasteiger partial charge is 0.0722 e. The van der Waals surface area contributed by atoms with E-state index in [9.17, 15) is 0 Å². The second kappa shape index (κ2) is 4.49. The van der Waals surface area contributed by atoms with E-state index in [1.807, 2.05) is 24.4 Å². The molecule has 16 heavy (non-hydrogen) atoms. The molecular weight excluding hydrogens is 198 g/mol. The van der Waals surface area contributed by atoms with Crippen molar-refractivity contribution in [1.82, 2.24) is 4.98 Å². The predicted molar refractivity (Wildman–Crippen MR) is 68.4 cm³/mol. The summed E-state index contributed by atoms with van der Waals surface area (Å²) in [5, 5.41) is 4.59. The van der Waals surface area contributed by atoms with Crippen molar-refractivity contribution < 1.29 is 0 Å². The van der Waals surface area contributed by atoms with E-state index in [4.69, 9.17) is 5.73 Å². The van der Waals surface area contributed by atoms with Crippen LogP contribution in [0.3, 0.4) is 0 Å². The third kappa shape index (κ3) is 1.99. The lowest BCUT2D eigenvalue weighted by Gasteiger charge is -2.16. The minimum Gasteiger partial charge on any atom is -0.382 e. The SMILES string of the molecule is CC(C)Nc1c(CN)cnc2ccccc12. The standard InChI is InChI=1S/C13H17N3/c1-9(2)16-13-10(7-14)8-15-12-6-4-3-5-11(12)13/h3-6,8-9H,7,14H2,1-2H3,(H,15,16). The third-order valence-corrected chi connectivity index (χ3v) is 2.51. The first-order valence-corrected chi connectivity index (χ1v) is 5.55. The first-order chi connectivity index (χ1) is 7.72. The zero-order valence-electron chi connectivity index (χ0n) is 9.70. The molecule has 3 nitrogen and oxygen atoms in total. The fraction of sp³-hybridized carbons (Fsp3) is 0.308. The summed E-state index contributed by atoms with van der Waals surface area (Å²) in [7, 11) is 0. The van der Waals surface area contributed by atoms with Crippen LogP contribution in [-0.4, -0.2) is 11.0 Å². The Morgan fingerprint density at radius 3 is 2.75 bits per heavy atom. The Morgan fingerprint density at radius 2 is 2.06 bits per heavy atom. The molecule has 0 amide bonds. The number of aromatic nitrogens is 1. The molecule has 0 saturated heterocycles. The van der Waals surface area contributed by atoms with Gasteiger partial charge in [0, 0.05) is 35.4 Å². The largest absolute Gasteiger partial charge is 0.382 e. The van der Waals surface area contributed by atoms with Crippen molar-refractivity contribution in [2.24, 2.45) is 5.73 Å². The van der Waals surface area contributed by atoms with Gasteiger partial charge in [-0.15, -0.1) is 0 Å². The molecule has 2 aromatic rings. The molecule has 3 heteroatoms. The highest BCUT2D eigenvalue weighted by atomic mass is 14.9. The Morgan fingerprint density at radius 1 is 1.31 bits per heavy atom. The maximum Gasteiger partial charge on any atom is 0.0722 e. The minimum absolute atomic E-state index is 0.385. The molecule has 1 heterocycles. The molecule has 2 rings (SSSR count).